The van der Waals surface area contributed by atoms with Crippen LogP contribution in [0.5, 0.6) is 0 Å². The van der Waals surface area contributed by atoms with Crippen molar-refractivity contribution in [3.05, 3.63) is 29.6 Å². The molecule has 0 atom stereocenters. The lowest BCUT2D eigenvalue weighted by molar-refractivity contribution is 0.0403. The van der Waals surface area contributed by atoms with Gasteiger partial charge in [0.05, 0.1) is 5.69 Å². The van der Waals surface area contributed by atoms with Gasteiger partial charge in [-0.15, -0.1) is 0 Å². The summed E-state index contributed by atoms with van der Waals surface area (Å²) in [6.07, 6.45) is 2.05. The molecule has 1 aliphatic heterocycles. The summed E-state index contributed by atoms with van der Waals surface area (Å²) in [6.45, 7) is 2.28. The Morgan fingerprint density at radius 2 is 2.22 bits per heavy atom. The molecule has 0 saturated carbocycles. The Morgan fingerprint density at radius 1 is 1.50 bits per heavy atom. The average Bonchev–Trinajstić information content (AvgIpc) is 2.40. The van der Waals surface area contributed by atoms with E-state index in [1.165, 1.54) is 6.07 Å². The first-order valence-corrected chi connectivity index (χ1v) is 6.14. The van der Waals surface area contributed by atoms with Crippen molar-refractivity contribution >= 4 is 5.97 Å². The van der Waals surface area contributed by atoms with Crippen LogP contribution in [0, 0.1) is 0 Å². The number of hydrogen-bond acceptors (Lipinski definition) is 4. The van der Waals surface area contributed by atoms with E-state index in [-0.39, 0.29) is 5.69 Å². The second-order valence-electron chi connectivity index (χ2n) is 4.58. The van der Waals surface area contributed by atoms with Crippen molar-refractivity contribution < 1.29 is 14.6 Å². The van der Waals surface area contributed by atoms with Crippen LogP contribution < -0.4 is 0 Å². The van der Waals surface area contributed by atoms with Gasteiger partial charge in [-0.1, -0.05) is 6.07 Å². The van der Waals surface area contributed by atoms with Crippen molar-refractivity contribution in [3.63, 3.8) is 0 Å². The Morgan fingerprint density at radius 3 is 2.89 bits per heavy atom. The summed E-state index contributed by atoms with van der Waals surface area (Å²) in [5.74, 6) is -0.981. The molecule has 1 aliphatic rings. The predicted molar refractivity (Wildman–Crippen MR) is 66.5 cm³/mol. The number of carboxylic acids is 1. The fraction of sp³-hybridized carbons (Fsp3) is 0.538. The number of nitrogens with zero attached hydrogens (tertiary/aromatic N) is 2. The normalized spacial score (nSPS) is 17.0. The minimum absolute atomic E-state index is 0.105. The SMILES string of the molecule is CN(Cc1cccc(C(=O)O)n1)C1CCOCC1. The highest BCUT2D eigenvalue weighted by atomic mass is 16.5. The van der Waals surface area contributed by atoms with Crippen LogP contribution in [0.15, 0.2) is 18.2 Å². The number of hydrogen-bond donors (Lipinski definition) is 1. The highest BCUT2D eigenvalue weighted by molar-refractivity contribution is 5.85. The molecule has 0 spiro atoms. The van der Waals surface area contributed by atoms with E-state index in [0.717, 1.165) is 31.7 Å². The van der Waals surface area contributed by atoms with Crippen molar-refractivity contribution in [1.82, 2.24) is 9.88 Å². The summed E-state index contributed by atoms with van der Waals surface area (Å²) in [5, 5.41) is 8.90. The third kappa shape index (κ3) is 3.27. The standard InChI is InChI=1S/C13H18N2O3/c1-15(11-5-7-18-8-6-11)9-10-3-2-4-12(14-10)13(16)17/h2-4,11H,5-9H2,1H3,(H,16,17). The van der Waals surface area contributed by atoms with Gasteiger partial charge >= 0.3 is 5.97 Å². The van der Waals surface area contributed by atoms with Gasteiger partial charge < -0.3 is 9.84 Å². The molecule has 0 aliphatic carbocycles. The van der Waals surface area contributed by atoms with Crippen LogP contribution in [0.3, 0.4) is 0 Å². The van der Waals surface area contributed by atoms with Gasteiger partial charge in [-0.25, -0.2) is 9.78 Å². The number of aromatic nitrogens is 1. The van der Waals surface area contributed by atoms with Crippen molar-refractivity contribution in [1.29, 1.82) is 0 Å². The molecule has 0 unspecified atom stereocenters. The Labute approximate surface area is 106 Å². The minimum atomic E-state index is -0.981. The van der Waals surface area contributed by atoms with Crippen LogP contribution in [0.1, 0.15) is 29.0 Å². The average molecular weight is 250 g/mol. The Bertz CT molecular complexity index is 416. The summed E-state index contributed by atoms with van der Waals surface area (Å²) in [4.78, 5) is 17.2. The third-order valence-corrected chi connectivity index (χ3v) is 3.25. The van der Waals surface area contributed by atoms with E-state index >= 15 is 0 Å². The van der Waals surface area contributed by atoms with E-state index in [1.807, 2.05) is 13.1 Å². The summed E-state index contributed by atoms with van der Waals surface area (Å²) in [7, 11) is 2.05. The number of carbonyl (C=O) groups is 1. The number of pyridine rings is 1. The van der Waals surface area contributed by atoms with Gasteiger partial charge in [0.2, 0.25) is 0 Å². The second kappa shape index (κ2) is 5.93. The van der Waals surface area contributed by atoms with Gasteiger partial charge in [-0.2, -0.15) is 0 Å². The molecule has 1 aromatic rings. The first-order valence-electron chi connectivity index (χ1n) is 6.14. The molecule has 1 fully saturated rings. The molecule has 1 N–H and O–H groups in total. The molecule has 0 radical (unpaired) electrons. The molecule has 0 aromatic carbocycles. The van der Waals surface area contributed by atoms with Crippen molar-refractivity contribution in [2.24, 2.45) is 0 Å². The largest absolute Gasteiger partial charge is 0.477 e. The quantitative estimate of drug-likeness (QED) is 0.875. The minimum Gasteiger partial charge on any atom is -0.477 e. The number of aromatic carboxylic acids is 1. The summed E-state index contributed by atoms with van der Waals surface area (Å²) < 4.78 is 5.33. The third-order valence-electron chi connectivity index (χ3n) is 3.25. The Balaban J connectivity index is 1.99. The zero-order chi connectivity index (χ0) is 13.0. The molecule has 1 saturated heterocycles. The van der Waals surface area contributed by atoms with Gasteiger partial charge in [0.15, 0.2) is 0 Å². The van der Waals surface area contributed by atoms with Crippen LogP contribution in [0.2, 0.25) is 0 Å². The highest BCUT2D eigenvalue weighted by Crippen LogP contribution is 2.15. The van der Waals surface area contributed by atoms with Crippen LogP contribution >= 0.6 is 0 Å². The van der Waals surface area contributed by atoms with Gasteiger partial charge in [0.25, 0.3) is 0 Å². The molecular formula is C13H18N2O3. The van der Waals surface area contributed by atoms with Crippen molar-refractivity contribution in [3.8, 4) is 0 Å². The van der Waals surface area contributed by atoms with E-state index in [0.29, 0.717) is 12.6 Å². The monoisotopic (exact) mass is 250 g/mol. The van der Waals surface area contributed by atoms with Gasteiger partial charge in [0, 0.05) is 25.8 Å². The predicted octanol–water partition coefficient (Wildman–Crippen LogP) is 1.39. The van der Waals surface area contributed by atoms with E-state index in [2.05, 4.69) is 9.88 Å². The number of carboxylic acid groups (broad SMARTS) is 1. The maximum Gasteiger partial charge on any atom is 0.354 e. The van der Waals surface area contributed by atoms with E-state index < -0.39 is 5.97 Å². The maximum atomic E-state index is 10.8. The Kier molecular flexibility index (Phi) is 4.28. The number of ether oxygens (including phenoxy) is 1. The fourth-order valence-electron chi connectivity index (χ4n) is 2.20. The van der Waals surface area contributed by atoms with Crippen molar-refractivity contribution in [2.75, 3.05) is 20.3 Å². The topological polar surface area (TPSA) is 62.7 Å². The molecule has 18 heavy (non-hydrogen) atoms. The van der Waals surface area contributed by atoms with Gasteiger partial charge in [-0.05, 0) is 32.0 Å². The Hall–Kier alpha value is -1.46. The second-order valence-corrected chi connectivity index (χ2v) is 4.58. The molecule has 98 valence electrons. The molecule has 5 heteroatoms. The highest BCUT2D eigenvalue weighted by Gasteiger charge is 2.19. The lowest BCUT2D eigenvalue weighted by atomic mass is 10.1. The molecule has 0 amide bonds. The van der Waals surface area contributed by atoms with Gasteiger partial charge in [-0.3, -0.25) is 4.90 Å². The molecule has 1 aromatic heterocycles. The summed E-state index contributed by atoms with van der Waals surface area (Å²) in [5.41, 5.74) is 0.900. The molecule has 0 bridgehead atoms. The van der Waals surface area contributed by atoms with E-state index in [4.69, 9.17) is 9.84 Å². The first-order chi connectivity index (χ1) is 8.66. The number of rotatable bonds is 4. The maximum absolute atomic E-state index is 10.8. The zero-order valence-electron chi connectivity index (χ0n) is 10.5. The van der Waals surface area contributed by atoms with Gasteiger partial charge in [0.1, 0.15) is 5.69 Å². The summed E-state index contributed by atoms with van der Waals surface area (Å²) in [6, 6.07) is 5.61. The van der Waals surface area contributed by atoms with Crippen LogP contribution in [0.4, 0.5) is 0 Å². The summed E-state index contributed by atoms with van der Waals surface area (Å²) >= 11 is 0. The lowest BCUT2D eigenvalue weighted by Crippen LogP contribution is -2.36. The van der Waals surface area contributed by atoms with E-state index in [1.54, 1.807) is 6.07 Å². The van der Waals surface area contributed by atoms with Crippen LogP contribution in [0.25, 0.3) is 0 Å². The lowest BCUT2D eigenvalue weighted by Gasteiger charge is -2.30. The first kappa shape index (κ1) is 13.0. The molecule has 5 nitrogen and oxygen atoms in total. The van der Waals surface area contributed by atoms with Crippen LogP contribution in [-0.2, 0) is 11.3 Å². The molecular weight excluding hydrogens is 232 g/mol. The zero-order valence-corrected chi connectivity index (χ0v) is 10.5. The smallest absolute Gasteiger partial charge is 0.354 e. The molecule has 2 heterocycles. The van der Waals surface area contributed by atoms with Crippen LogP contribution in [-0.4, -0.2) is 47.3 Å². The molecule has 2 rings (SSSR count). The fourth-order valence-corrected chi connectivity index (χ4v) is 2.20. The van der Waals surface area contributed by atoms with E-state index in [9.17, 15) is 4.79 Å². The van der Waals surface area contributed by atoms with Crippen molar-refractivity contribution in [2.45, 2.75) is 25.4 Å².